The van der Waals surface area contributed by atoms with Crippen LogP contribution in [0.25, 0.3) is 0 Å². The average Bonchev–Trinajstić information content (AvgIpc) is 3.01. The summed E-state index contributed by atoms with van der Waals surface area (Å²) in [4.78, 5) is 36.8. The molecule has 11 heteroatoms. The predicted octanol–water partition coefficient (Wildman–Crippen LogP) is 1.38. The Bertz CT molecular complexity index is 978. The predicted molar refractivity (Wildman–Crippen MR) is 106 cm³/mol. The SMILES string of the molecule is C[C@@H](OC(=O)C1=NN([C@H]2CCS(=O)(=O)C2)C(=O)CC1)C(=O)Nc1cccc(Cl)c1. The van der Waals surface area contributed by atoms with Gasteiger partial charge in [-0.05, 0) is 31.5 Å². The van der Waals surface area contributed by atoms with E-state index in [9.17, 15) is 22.8 Å². The van der Waals surface area contributed by atoms with E-state index in [1.807, 2.05) is 0 Å². The summed E-state index contributed by atoms with van der Waals surface area (Å²) in [5.74, 6) is -1.90. The van der Waals surface area contributed by atoms with Crippen LogP contribution in [0, 0.1) is 0 Å². The minimum absolute atomic E-state index is 0.0164. The van der Waals surface area contributed by atoms with Crippen molar-refractivity contribution in [1.82, 2.24) is 5.01 Å². The maximum Gasteiger partial charge on any atom is 0.355 e. The van der Waals surface area contributed by atoms with Gasteiger partial charge in [0.05, 0.1) is 17.5 Å². The standard InChI is InChI=1S/C18H20ClN3O6S/c1-11(17(24)20-13-4-2-3-12(19)9-13)28-18(25)15-5-6-16(23)22(21-15)14-7-8-29(26,27)10-14/h2-4,9,11,14H,5-8,10H2,1H3,(H,20,24)/t11-,14+/m1/s1. The van der Waals surface area contributed by atoms with Crippen molar-refractivity contribution in [1.29, 1.82) is 0 Å². The zero-order chi connectivity index (χ0) is 21.2. The van der Waals surface area contributed by atoms with Gasteiger partial charge in [-0.1, -0.05) is 17.7 Å². The summed E-state index contributed by atoms with van der Waals surface area (Å²) in [6, 6.07) is 5.94. The highest BCUT2D eigenvalue weighted by Crippen LogP contribution is 2.22. The Balaban J connectivity index is 1.63. The minimum Gasteiger partial charge on any atom is -0.448 e. The number of amides is 2. The molecule has 0 bridgehead atoms. The normalized spacial score (nSPS) is 22.0. The number of nitrogens with one attached hydrogen (secondary N) is 1. The van der Waals surface area contributed by atoms with E-state index in [0.717, 1.165) is 5.01 Å². The van der Waals surface area contributed by atoms with E-state index in [0.29, 0.717) is 10.7 Å². The van der Waals surface area contributed by atoms with Gasteiger partial charge in [-0.15, -0.1) is 0 Å². The van der Waals surface area contributed by atoms with E-state index in [4.69, 9.17) is 16.3 Å². The number of rotatable bonds is 5. The summed E-state index contributed by atoms with van der Waals surface area (Å²) >= 11 is 5.87. The van der Waals surface area contributed by atoms with Crippen molar-refractivity contribution in [2.24, 2.45) is 5.10 Å². The molecule has 0 aromatic heterocycles. The van der Waals surface area contributed by atoms with Gasteiger partial charge in [-0.3, -0.25) is 9.59 Å². The van der Waals surface area contributed by atoms with Crippen LogP contribution in [-0.2, 0) is 29.0 Å². The molecule has 3 rings (SSSR count). The summed E-state index contributed by atoms with van der Waals surface area (Å²) in [7, 11) is -3.21. The van der Waals surface area contributed by atoms with Crippen molar-refractivity contribution in [2.75, 3.05) is 16.8 Å². The Morgan fingerprint density at radius 3 is 2.76 bits per heavy atom. The van der Waals surface area contributed by atoms with E-state index in [1.54, 1.807) is 24.3 Å². The van der Waals surface area contributed by atoms with Gasteiger partial charge < -0.3 is 10.1 Å². The van der Waals surface area contributed by atoms with Crippen LogP contribution in [0.3, 0.4) is 0 Å². The third-order valence-electron chi connectivity index (χ3n) is 4.59. The highest BCUT2D eigenvalue weighted by Gasteiger charge is 2.37. The molecule has 0 spiro atoms. The first-order valence-electron chi connectivity index (χ1n) is 9.02. The molecule has 1 aromatic rings. The lowest BCUT2D eigenvalue weighted by Gasteiger charge is -2.27. The van der Waals surface area contributed by atoms with Gasteiger partial charge in [-0.25, -0.2) is 18.2 Å². The second-order valence-corrected chi connectivity index (χ2v) is 9.55. The third kappa shape index (κ3) is 5.33. The molecule has 1 N–H and O–H groups in total. The van der Waals surface area contributed by atoms with E-state index in [-0.39, 0.29) is 42.4 Å². The van der Waals surface area contributed by atoms with Gasteiger partial charge in [-0.2, -0.15) is 5.10 Å². The van der Waals surface area contributed by atoms with E-state index < -0.39 is 33.9 Å². The fourth-order valence-corrected chi connectivity index (χ4v) is 4.95. The second-order valence-electron chi connectivity index (χ2n) is 6.89. The maximum absolute atomic E-state index is 12.4. The van der Waals surface area contributed by atoms with Gasteiger partial charge in [0.2, 0.25) is 5.91 Å². The lowest BCUT2D eigenvalue weighted by atomic mass is 10.1. The monoisotopic (exact) mass is 441 g/mol. The Labute approximate surface area is 173 Å². The van der Waals surface area contributed by atoms with E-state index in [2.05, 4.69) is 10.4 Å². The molecular weight excluding hydrogens is 422 g/mol. The van der Waals surface area contributed by atoms with Gasteiger partial charge in [0.1, 0.15) is 5.71 Å². The summed E-state index contributed by atoms with van der Waals surface area (Å²) in [6.45, 7) is 1.41. The lowest BCUT2D eigenvalue weighted by Crippen LogP contribution is -2.42. The zero-order valence-electron chi connectivity index (χ0n) is 15.6. The number of sulfone groups is 1. The largest absolute Gasteiger partial charge is 0.448 e. The molecule has 0 saturated carbocycles. The molecule has 29 heavy (non-hydrogen) atoms. The summed E-state index contributed by atoms with van der Waals surface area (Å²) in [6.07, 6.45) is -0.746. The van der Waals surface area contributed by atoms with Crippen LogP contribution < -0.4 is 5.32 Å². The van der Waals surface area contributed by atoms with Crippen molar-refractivity contribution in [3.63, 3.8) is 0 Å². The summed E-state index contributed by atoms with van der Waals surface area (Å²) in [5.41, 5.74) is 0.441. The number of benzene rings is 1. The molecular formula is C18H20ClN3O6S. The van der Waals surface area contributed by atoms with Crippen LogP contribution in [0.5, 0.6) is 0 Å². The van der Waals surface area contributed by atoms with Crippen LogP contribution in [0.4, 0.5) is 5.69 Å². The van der Waals surface area contributed by atoms with Crippen LogP contribution >= 0.6 is 11.6 Å². The molecule has 2 aliphatic heterocycles. The van der Waals surface area contributed by atoms with Crippen molar-refractivity contribution in [2.45, 2.75) is 38.3 Å². The van der Waals surface area contributed by atoms with Gasteiger partial charge >= 0.3 is 5.97 Å². The topological polar surface area (TPSA) is 122 Å². The van der Waals surface area contributed by atoms with Crippen molar-refractivity contribution in [3.05, 3.63) is 29.3 Å². The van der Waals surface area contributed by atoms with Crippen LogP contribution in [0.2, 0.25) is 5.02 Å². The number of carbonyl (C=O) groups excluding carboxylic acids is 3. The molecule has 2 heterocycles. The van der Waals surface area contributed by atoms with Crippen molar-refractivity contribution in [3.8, 4) is 0 Å². The number of esters is 1. The van der Waals surface area contributed by atoms with Crippen LogP contribution in [0.15, 0.2) is 29.4 Å². The third-order valence-corrected chi connectivity index (χ3v) is 6.58. The fraction of sp³-hybridized carbons (Fsp3) is 0.444. The quantitative estimate of drug-likeness (QED) is 0.688. The first kappa shape index (κ1) is 21.3. The van der Waals surface area contributed by atoms with Gasteiger partial charge in [0.25, 0.3) is 5.91 Å². The Morgan fingerprint density at radius 1 is 1.34 bits per heavy atom. The average molecular weight is 442 g/mol. The number of nitrogens with zero attached hydrogens (tertiary/aromatic N) is 2. The minimum atomic E-state index is -3.21. The van der Waals surface area contributed by atoms with E-state index in [1.165, 1.54) is 6.92 Å². The molecule has 0 radical (unpaired) electrons. The Hall–Kier alpha value is -2.46. The summed E-state index contributed by atoms with van der Waals surface area (Å²) in [5, 5.41) is 8.14. The van der Waals surface area contributed by atoms with Crippen LogP contribution in [0.1, 0.15) is 26.2 Å². The first-order valence-corrected chi connectivity index (χ1v) is 11.2. The molecule has 9 nitrogen and oxygen atoms in total. The molecule has 1 saturated heterocycles. The number of anilines is 1. The first-order chi connectivity index (χ1) is 13.6. The Kier molecular flexibility index (Phi) is 6.23. The number of hydrazone groups is 1. The smallest absolute Gasteiger partial charge is 0.355 e. The van der Waals surface area contributed by atoms with Crippen molar-refractivity contribution >= 4 is 50.6 Å². The molecule has 0 unspecified atom stereocenters. The van der Waals surface area contributed by atoms with Gasteiger partial charge in [0, 0.05) is 23.6 Å². The number of halogens is 1. The second kappa shape index (κ2) is 8.50. The lowest BCUT2D eigenvalue weighted by molar-refractivity contribution is -0.147. The van der Waals surface area contributed by atoms with Crippen LogP contribution in [-0.4, -0.2) is 60.6 Å². The molecule has 1 aromatic carbocycles. The van der Waals surface area contributed by atoms with Crippen molar-refractivity contribution < 1.29 is 27.5 Å². The Morgan fingerprint density at radius 2 is 2.10 bits per heavy atom. The number of ether oxygens (including phenoxy) is 1. The summed E-state index contributed by atoms with van der Waals surface area (Å²) < 4.78 is 28.5. The van der Waals surface area contributed by atoms with E-state index >= 15 is 0 Å². The molecule has 1 fully saturated rings. The molecule has 0 aliphatic carbocycles. The molecule has 2 amide bonds. The number of hydrogen-bond acceptors (Lipinski definition) is 7. The highest BCUT2D eigenvalue weighted by molar-refractivity contribution is 7.91. The maximum atomic E-state index is 12.4. The molecule has 2 atom stereocenters. The number of carbonyl (C=O) groups is 3. The molecule has 2 aliphatic rings. The molecule has 156 valence electrons. The van der Waals surface area contributed by atoms with Gasteiger partial charge in [0.15, 0.2) is 15.9 Å². The highest BCUT2D eigenvalue weighted by atomic mass is 35.5. The zero-order valence-corrected chi connectivity index (χ0v) is 17.2. The number of hydrogen-bond donors (Lipinski definition) is 1. The fourth-order valence-electron chi connectivity index (χ4n) is 3.06.